The van der Waals surface area contributed by atoms with Gasteiger partial charge in [0.2, 0.25) is 0 Å². The van der Waals surface area contributed by atoms with Gasteiger partial charge in [-0.05, 0) is 180 Å². The summed E-state index contributed by atoms with van der Waals surface area (Å²) in [5.41, 5.74) is 16.2. The molecular formula is C67H64I2N12O10S5. The Morgan fingerprint density at radius 3 is 1.25 bits per heavy atom. The molecule has 0 spiro atoms. The van der Waals surface area contributed by atoms with E-state index in [1.165, 1.54) is 18.6 Å². The molecule has 0 saturated carbocycles. The first-order valence-corrected chi connectivity index (χ1v) is 39.2. The number of hydrogen-bond acceptors (Lipinski definition) is 19. The topological polar surface area (TPSA) is 336 Å². The number of aromatic nitrogens is 11. The summed E-state index contributed by atoms with van der Waals surface area (Å²) in [6.07, 6.45) is 16.8. The molecule has 4 N–H and O–H groups in total. The summed E-state index contributed by atoms with van der Waals surface area (Å²) in [4.78, 5) is 42.3. The zero-order valence-corrected chi connectivity index (χ0v) is 61.4. The lowest BCUT2D eigenvalue weighted by Crippen LogP contribution is -2.13. The van der Waals surface area contributed by atoms with Crippen LogP contribution in [0.25, 0.3) is 78.5 Å². The van der Waals surface area contributed by atoms with E-state index in [4.69, 9.17) is 12.2 Å². The smallest absolute Gasteiger partial charge is 0.269 e. The predicted octanol–water partition coefficient (Wildman–Crippen LogP) is 12.5. The van der Waals surface area contributed by atoms with Crippen molar-refractivity contribution in [3.8, 4) is 57.4 Å². The molecule has 0 aliphatic carbocycles. The van der Waals surface area contributed by atoms with Crippen LogP contribution in [0, 0.1) is 26.4 Å². The number of nitrogen functional groups attached to an aromatic ring is 1. The monoisotopic (exact) mass is 1610 g/mol. The Morgan fingerprint density at radius 2 is 0.823 bits per heavy atom. The second-order valence-electron chi connectivity index (χ2n) is 22.7. The minimum atomic E-state index is -3.83. The molecule has 12 aromatic rings. The molecule has 0 fully saturated rings. The Hall–Kier alpha value is -8.39. The number of nitrogens with two attached hydrogens (primary N) is 1. The highest BCUT2D eigenvalue weighted by atomic mass is 127. The van der Waals surface area contributed by atoms with Crippen molar-refractivity contribution in [1.82, 2.24) is 53.8 Å². The Kier molecular flexibility index (Phi) is 21.8. The molecule has 7 aromatic heterocycles. The number of nitrogens with one attached hydrogen (secondary N) is 2. The molecule has 7 heterocycles. The molecule has 96 heavy (non-hydrogen) atoms. The minimum Gasteiger partial charge on any atom is -0.381 e. The maximum atomic E-state index is 13.1. The van der Waals surface area contributed by atoms with Crippen molar-refractivity contribution in [1.29, 1.82) is 0 Å². The van der Waals surface area contributed by atoms with Gasteiger partial charge in [0.15, 0.2) is 67.8 Å². The van der Waals surface area contributed by atoms with Gasteiger partial charge in [0.25, 0.3) is 10.0 Å². The van der Waals surface area contributed by atoms with E-state index in [-0.39, 0.29) is 31.8 Å². The zero-order valence-electron chi connectivity index (χ0n) is 53.0. The number of aryl methyl sites for hydroxylation is 1. The van der Waals surface area contributed by atoms with E-state index in [1.807, 2.05) is 41.8 Å². The lowest BCUT2D eigenvalue weighted by molar-refractivity contribution is 0.586. The van der Waals surface area contributed by atoms with Crippen LogP contribution in [0.3, 0.4) is 0 Å². The third-order valence-electron chi connectivity index (χ3n) is 14.9. The van der Waals surface area contributed by atoms with Crippen LogP contribution in [-0.4, -0.2) is 117 Å². The maximum Gasteiger partial charge on any atom is 0.269 e. The summed E-state index contributed by atoms with van der Waals surface area (Å²) in [6.45, 7) is 15.2. The average molecular weight is 1610 g/mol. The molecule has 5 aromatic carbocycles. The largest absolute Gasteiger partial charge is 0.381 e. The third-order valence-corrected chi connectivity index (χ3v) is 26.9. The number of halogens is 2. The zero-order chi connectivity index (χ0) is 69.8. The van der Waals surface area contributed by atoms with Crippen LogP contribution in [0.5, 0.6) is 0 Å². The van der Waals surface area contributed by atoms with Crippen LogP contribution in [-0.2, 0) is 49.4 Å². The molecule has 0 unspecified atom stereocenters. The Balaban J connectivity index is 0.000000153. The fourth-order valence-electron chi connectivity index (χ4n) is 9.04. The van der Waals surface area contributed by atoms with Gasteiger partial charge in [-0.2, -0.15) is 0 Å². The molecule has 0 bridgehead atoms. The number of anilines is 1. The van der Waals surface area contributed by atoms with E-state index in [2.05, 4.69) is 78.4 Å². The number of hydrogen-bond donors (Lipinski definition) is 3. The lowest BCUT2D eigenvalue weighted by Gasteiger charge is -2.09. The van der Waals surface area contributed by atoms with Gasteiger partial charge in [0.05, 0.1) is 100 Å². The summed E-state index contributed by atoms with van der Waals surface area (Å²) in [6, 6.07) is 34.9. The molecule has 0 atom stereocenters. The number of terminal acetylenes is 1. The van der Waals surface area contributed by atoms with Gasteiger partial charge in [-0.15, -0.1) is 6.42 Å². The first kappa shape index (κ1) is 71.9. The highest BCUT2D eigenvalue weighted by molar-refractivity contribution is 14.1. The summed E-state index contributed by atoms with van der Waals surface area (Å²) in [5.74, 6) is 2.56. The van der Waals surface area contributed by atoms with Crippen molar-refractivity contribution in [2.45, 2.75) is 108 Å². The van der Waals surface area contributed by atoms with Crippen molar-refractivity contribution in [3.05, 3.63) is 189 Å². The Bertz CT molecular complexity index is 5490. The number of benzene rings is 5. The summed E-state index contributed by atoms with van der Waals surface area (Å²) in [5, 5.41) is -1.84. The Morgan fingerprint density at radius 1 is 0.448 bits per heavy atom. The quantitative estimate of drug-likeness (QED) is 0.0672. The number of fused-ring (bicyclic) bond motifs is 3. The fraction of sp³-hybridized carbons (Fsp3) is 0.194. The van der Waals surface area contributed by atoms with Crippen LogP contribution >= 0.6 is 45.2 Å². The number of rotatable bonds is 14. The molecular weight excluding hydrogens is 1550 g/mol. The number of nitrogens with zero attached hydrogens (tertiary/aromatic N) is 9. The standard InChI is InChI=1S/C22H20IN3O4S2.C15H14IN3O2S.2C15H15N3O2S/c1-14(2)31(27,28)17-10-6-16(7-11-17)20-12-24-22-21(25-20)19(23)13-26(22)32(29,30)18-8-4-15(3)5-9-18;1-9(2)22(20,21)11-5-3-10(4-6-11)13-8-18-15-14(19-13)12(16)7-17-15;1-10(2)21(19,20)12-5-3-11(4-6-12)14-9-17-15-13(18-14)7-8-16-15;1-4-13-15(16)17-9-14(18-13)11-5-7-12(8-6-11)21(19,20)10(2)3/h4-14H,1-3H3;3-9H,1-2H3,(H,17,18);3-10H,1-2H3,(H,16,17);1,5-10H,2-3H3,(H2,16,17). The SMILES string of the molecule is C#Cc1nc(-c2ccc(S(=O)(=O)C(C)C)cc2)cnc1N.CC(C)S(=O)(=O)c1ccc(-c2cnc3[nH]cc(I)c3n2)cc1.CC(C)S(=O)(=O)c1ccc(-c2cnc3[nH]ccc3n2)cc1.Cc1ccc(S(=O)(=O)n2cc(I)c3nc(-c4ccc(S(=O)(=O)C(C)C)cc4)cnc32)cc1. The molecule has 0 aliphatic heterocycles. The number of sulfone groups is 4. The van der Waals surface area contributed by atoms with Gasteiger partial charge in [0.1, 0.15) is 16.6 Å². The van der Waals surface area contributed by atoms with E-state index >= 15 is 0 Å². The van der Waals surface area contributed by atoms with Crippen LogP contribution in [0.15, 0.2) is 195 Å². The van der Waals surface area contributed by atoms with Crippen molar-refractivity contribution in [2.24, 2.45) is 0 Å². The van der Waals surface area contributed by atoms with Gasteiger partial charge in [0, 0.05) is 40.8 Å². The van der Waals surface area contributed by atoms with Crippen molar-refractivity contribution in [3.63, 3.8) is 0 Å². The molecule has 496 valence electrons. The van der Waals surface area contributed by atoms with E-state index < -0.39 is 70.4 Å². The number of H-pyrrole nitrogens is 2. The van der Waals surface area contributed by atoms with Crippen LogP contribution in [0.2, 0.25) is 0 Å². The first-order valence-electron chi connectivity index (χ1n) is 29.4. The van der Waals surface area contributed by atoms with Gasteiger partial charge < -0.3 is 15.7 Å². The summed E-state index contributed by atoms with van der Waals surface area (Å²) in [7, 11) is -17.0. The normalized spacial score (nSPS) is 12.1. The minimum absolute atomic E-state index is 0.171. The molecule has 0 aliphatic rings. The van der Waals surface area contributed by atoms with Crippen LogP contribution in [0.4, 0.5) is 5.82 Å². The Labute approximate surface area is 584 Å². The molecule has 0 saturated heterocycles. The van der Waals surface area contributed by atoms with E-state index in [1.54, 1.807) is 195 Å². The molecule has 29 heteroatoms. The third kappa shape index (κ3) is 15.5. The van der Waals surface area contributed by atoms with Crippen LogP contribution < -0.4 is 5.73 Å². The first-order chi connectivity index (χ1) is 45.2. The van der Waals surface area contributed by atoms with Crippen molar-refractivity contribution >= 4 is 134 Å². The summed E-state index contributed by atoms with van der Waals surface area (Å²) >= 11 is 4.23. The molecule has 22 nitrogen and oxygen atoms in total. The average Bonchev–Trinajstić information content (AvgIpc) is 1.58. The van der Waals surface area contributed by atoms with E-state index in [0.717, 1.165) is 63.5 Å². The van der Waals surface area contributed by atoms with E-state index in [0.29, 0.717) is 35.8 Å². The number of aromatic amines is 2. The molecule has 12 rings (SSSR count). The fourth-order valence-corrected chi connectivity index (χ4v) is 16.0. The van der Waals surface area contributed by atoms with Crippen molar-refractivity contribution in [2.75, 3.05) is 5.73 Å². The van der Waals surface area contributed by atoms with Gasteiger partial charge in [-0.1, -0.05) is 66.2 Å². The summed E-state index contributed by atoms with van der Waals surface area (Å²) < 4.78 is 126. The van der Waals surface area contributed by atoms with E-state index in [9.17, 15) is 42.1 Å². The van der Waals surface area contributed by atoms with Gasteiger partial charge in [-0.3, -0.25) is 0 Å². The lowest BCUT2D eigenvalue weighted by atomic mass is 10.1. The molecule has 0 radical (unpaired) electrons. The highest BCUT2D eigenvalue weighted by Gasteiger charge is 2.26. The van der Waals surface area contributed by atoms with Gasteiger partial charge in [-0.25, -0.2) is 85.9 Å². The maximum absolute atomic E-state index is 13.1. The van der Waals surface area contributed by atoms with Crippen molar-refractivity contribution < 1.29 is 42.1 Å². The van der Waals surface area contributed by atoms with Crippen LogP contribution in [0.1, 0.15) is 66.6 Å². The predicted molar refractivity (Wildman–Crippen MR) is 390 cm³/mol. The second kappa shape index (κ2) is 29.1. The highest BCUT2D eigenvalue weighted by Crippen LogP contribution is 2.31. The van der Waals surface area contributed by atoms with Gasteiger partial charge >= 0.3 is 0 Å². The second-order valence-corrected chi connectivity index (χ2v) is 36.8. The molecule has 0 amide bonds.